The summed E-state index contributed by atoms with van der Waals surface area (Å²) in [5, 5.41) is 0. The number of rotatable bonds is 0. The second-order valence-electron chi connectivity index (χ2n) is 8.36. The van der Waals surface area contributed by atoms with Gasteiger partial charge in [-0.3, -0.25) is 0 Å². The van der Waals surface area contributed by atoms with Crippen LogP contribution in [-0.2, 0) is 13.0 Å². The van der Waals surface area contributed by atoms with E-state index in [1.807, 2.05) is 26.8 Å². The van der Waals surface area contributed by atoms with Gasteiger partial charge in [0.05, 0.1) is 6.10 Å². The van der Waals surface area contributed by atoms with E-state index in [2.05, 4.69) is 0 Å². The van der Waals surface area contributed by atoms with Gasteiger partial charge in [0.15, 0.2) is 23.1 Å². The topological polar surface area (TPSA) is 18.5 Å². The molecule has 5 rings (SSSR count). The number of aryl methyl sites for hydroxylation is 4. The molecule has 182 valence electrons. The van der Waals surface area contributed by atoms with Crippen molar-refractivity contribution in [3.63, 3.8) is 0 Å². The van der Waals surface area contributed by atoms with Gasteiger partial charge in [-0.2, -0.15) is 4.39 Å². The van der Waals surface area contributed by atoms with Crippen LogP contribution in [0.25, 0.3) is 11.1 Å². The molecule has 0 aliphatic carbocycles. The third-order valence-corrected chi connectivity index (χ3v) is 5.94. The van der Waals surface area contributed by atoms with Crippen LogP contribution in [-0.4, -0.2) is 6.10 Å². The van der Waals surface area contributed by atoms with Crippen molar-refractivity contribution >= 4 is 0 Å². The molecule has 2 nitrogen and oxygen atoms in total. The lowest BCUT2D eigenvalue weighted by Crippen LogP contribution is -2.20. The quantitative estimate of drug-likeness (QED) is 0.306. The van der Waals surface area contributed by atoms with E-state index >= 15 is 0 Å². The Morgan fingerprint density at radius 1 is 0.735 bits per heavy atom. The predicted molar refractivity (Wildman–Crippen MR) is 126 cm³/mol. The predicted octanol–water partition coefficient (Wildman–Crippen LogP) is 8.15. The zero-order valence-corrected chi connectivity index (χ0v) is 20.4. The van der Waals surface area contributed by atoms with Crippen molar-refractivity contribution in [1.29, 1.82) is 0 Å². The van der Waals surface area contributed by atoms with Gasteiger partial charge in [-0.15, -0.1) is 0 Å². The molecule has 3 aromatic carbocycles. The molecule has 2 heterocycles. The highest BCUT2D eigenvalue weighted by Gasteiger charge is 2.25. The highest BCUT2D eigenvalue weighted by Crippen LogP contribution is 2.41. The fraction of sp³-hybridized carbons (Fsp3) is 0.357. The molecule has 3 aromatic rings. The van der Waals surface area contributed by atoms with Crippen molar-refractivity contribution in [3.8, 4) is 22.6 Å². The van der Waals surface area contributed by atoms with Crippen LogP contribution in [0.1, 0.15) is 55.0 Å². The Balaban J connectivity index is 0.000000183. The van der Waals surface area contributed by atoms with Gasteiger partial charge in [-0.1, -0.05) is 38.1 Å². The monoisotopic (exact) mass is 474 g/mol. The molecule has 0 amide bonds. The molecule has 0 aromatic heterocycles. The van der Waals surface area contributed by atoms with E-state index in [-0.39, 0.29) is 35.8 Å². The Morgan fingerprint density at radius 3 is 2.03 bits per heavy atom. The molecule has 0 saturated heterocycles. The molecule has 0 fully saturated rings. The smallest absolute Gasteiger partial charge is 0.201 e. The van der Waals surface area contributed by atoms with Crippen LogP contribution in [0.4, 0.5) is 17.6 Å². The largest absolute Gasteiger partial charge is 0.487 e. The van der Waals surface area contributed by atoms with Gasteiger partial charge in [0.1, 0.15) is 12.4 Å². The first-order valence-electron chi connectivity index (χ1n) is 11.5. The molecule has 2 aliphatic heterocycles. The first-order valence-corrected chi connectivity index (χ1v) is 11.5. The zero-order chi connectivity index (χ0) is 25.2. The first-order chi connectivity index (χ1) is 16.2. The molecule has 1 unspecified atom stereocenters. The van der Waals surface area contributed by atoms with E-state index in [1.165, 1.54) is 0 Å². The Kier molecular flexibility index (Phi) is 7.90. The fourth-order valence-corrected chi connectivity index (χ4v) is 4.02. The van der Waals surface area contributed by atoms with Crippen LogP contribution < -0.4 is 9.47 Å². The van der Waals surface area contributed by atoms with E-state index < -0.39 is 11.6 Å². The Hall–Kier alpha value is -3.02. The standard InChI is InChI=1S/C15H12F2O.C11H12F2O.C2H6/c1-8-3-5-10-11-6-4-9(2)14(17)15(11)18-7-12(10)13(8)16;1-6-5-8-4-3-7(2)14-11(8)10(13)9(6)12;1-2/h3-6H,7H2,1-2H3;5,7H,3-4H2,1-2H3;1-2H3. The van der Waals surface area contributed by atoms with Crippen LogP contribution in [0.5, 0.6) is 11.5 Å². The van der Waals surface area contributed by atoms with Crippen LogP contribution in [0, 0.1) is 44.0 Å². The van der Waals surface area contributed by atoms with E-state index in [4.69, 9.17) is 9.47 Å². The Labute approximate surface area is 198 Å². The molecule has 0 radical (unpaired) electrons. The number of ether oxygens (including phenoxy) is 2. The van der Waals surface area contributed by atoms with Crippen molar-refractivity contribution < 1.29 is 27.0 Å². The van der Waals surface area contributed by atoms with Crippen molar-refractivity contribution in [1.82, 2.24) is 0 Å². The van der Waals surface area contributed by atoms with Gasteiger partial charge in [0, 0.05) is 11.1 Å². The summed E-state index contributed by atoms with van der Waals surface area (Å²) in [7, 11) is 0. The average molecular weight is 475 g/mol. The minimum absolute atomic E-state index is 0.0286. The second kappa shape index (κ2) is 10.5. The summed E-state index contributed by atoms with van der Waals surface area (Å²) in [6.07, 6.45) is 1.59. The maximum atomic E-state index is 14.0. The Morgan fingerprint density at radius 2 is 1.35 bits per heavy atom. The van der Waals surface area contributed by atoms with E-state index in [9.17, 15) is 17.6 Å². The van der Waals surface area contributed by atoms with Gasteiger partial charge < -0.3 is 9.47 Å². The molecule has 0 saturated carbocycles. The summed E-state index contributed by atoms with van der Waals surface area (Å²) in [6.45, 7) is 10.9. The van der Waals surface area contributed by atoms with E-state index in [0.29, 0.717) is 27.8 Å². The highest BCUT2D eigenvalue weighted by molar-refractivity contribution is 5.76. The van der Waals surface area contributed by atoms with Gasteiger partial charge in [0.25, 0.3) is 0 Å². The third kappa shape index (κ3) is 4.77. The number of hydrogen-bond donors (Lipinski definition) is 0. The van der Waals surface area contributed by atoms with Gasteiger partial charge >= 0.3 is 0 Å². The minimum Gasteiger partial charge on any atom is -0.487 e. The first kappa shape index (κ1) is 25.6. The number of benzene rings is 3. The zero-order valence-electron chi connectivity index (χ0n) is 20.4. The number of hydrogen-bond acceptors (Lipinski definition) is 2. The maximum absolute atomic E-state index is 14.0. The van der Waals surface area contributed by atoms with E-state index in [0.717, 1.165) is 24.0 Å². The second-order valence-corrected chi connectivity index (χ2v) is 8.36. The molecular formula is C28H30F4O2. The summed E-state index contributed by atoms with van der Waals surface area (Å²) in [5.41, 5.74) is 4.08. The number of halogens is 4. The van der Waals surface area contributed by atoms with Crippen molar-refractivity contribution in [2.24, 2.45) is 0 Å². The van der Waals surface area contributed by atoms with Crippen LogP contribution in [0.2, 0.25) is 0 Å². The van der Waals surface area contributed by atoms with Gasteiger partial charge in [-0.05, 0) is 74.4 Å². The van der Waals surface area contributed by atoms with Crippen molar-refractivity contribution in [2.45, 2.75) is 67.1 Å². The SMILES string of the molecule is CC.Cc1cc2c(c(F)c1F)OC(C)CC2.Cc1ccc2c(c1F)COc1c-2ccc(C)c1F. The average Bonchev–Trinajstić information content (AvgIpc) is 2.84. The van der Waals surface area contributed by atoms with Crippen molar-refractivity contribution in [2.75, 3.05) is 0 Å². The summed E-state index contributed by atoms with van der Waals surface area (Å²) >= 11 is 0. The minimum atomic E-state index is -0.841. The Bertz CT molecular complexity index is 1150. The highest BCUT2D eigenvalue weighted by atomic mass is 19.2. The van der Waals surface area contributed by atoms with Gasteiger partial charge in [0.2, 0.25) is 5.82 Å². The lowest BCUT2D eigenvalue weighted by Gasteiger charge is -2.24. The summed E-state index contributed by atoms with van der Waals surface area (Å²) < 4.78 is 65.2. The molecular weight excluding hydrogens is 444 g/mol. The molecule has 0 spiro atoms. The summed E-state index contributed by atoms with van der Waals surface area (Å²) in [6, 6.07) is 8.66. The lowest BCUT2D eigenvalue weighted by molar-refractivity contribution is 0.180. The fourth-order valence-electron chi connectivity index (χ4n) is 4.02. The maximum Gasteiger partial charge on any atom is 0.201 e. The third-order valence-electron chi connectivity index (χ3n) is 5.94. The normalized spacial score (nSPS) is 15.2. The molecule has 0 N–H and O–H groups in total. The van der Waals surface area contributed by atoms with Crippen LogP contribution in [0.15, 0.2) is 30.3 Å². The molecule has 34 heavy (non-hydrogen) atoms. The lowest BCUT2D eigenvalue weighted by atomic mass is 9.94. The van der Waals surface area contributed by atoms with E-state index in [1.54, 1.807) is 45.0 Å². The molecule has 1 atom stereocenters. The van der Waals surface area contributed by atoms with Crippen LogP contribution >= 0.6 is 0 Å². The summed E-state index contributed by atoms with van der Waals surface area (Å²) in [4.78, 5) is 0. The summed E-state index contributed by atoms with van der Waals surface area (Å²) in [5.74, 6) is -1.93. The number of fused-ring (bicyclic) bond motifs is 4. The van der Waals surface area contributed by atoms with Gasteiger partial charge in [-0.25, -0.2) is 13.2 Å². The molecule has 6 heteroatoms. The molecule has 2 aliphatic rings. The van der Waals surface area contributed by atoms with Crippen LogP contribution in [0.3, 0.4) is 0 Å². The molecule has 0 bridgehead atoms. The van der Waals surface area contributed by atoms with Crippen molar-refractivity contribution in [3.05, 3.63) is 81.4 Å².